The summed E-state index contributed by atoms with van der Waals surface area (Å²) in [5.41, 5.74) is 0.590. The number of rotatable bonds is 5. The average molecular weight is 233 g/mol. The standard InChI is InChI=1S/C11H15N5O/c1-2-15-9-10(8-14-15)11(17)12-5-7-16-6-3-4-13-16/h3-4,6,8-9H,2,5,7H2,1H3,(H,12,17). The molecule has 0 atom stereocenters. The number of nitrogens with zero attached hydrogens (tertiary/aromatic N) is 4. The summed E-state index contributed by atoms with van der Waals surface area (Å²) >= 11 is 0. The van der Waals surface area contributed by atoms with Crippen LogP contribution in [-0.4, -0.2) is 32.0 Å². The molecule has 0 saturated heterocycles. The van der Waals surface area contributed by atoms with Gasteiger partial charge < -0.3 is 5.32 Å². The van der Waals surface area contributed by atoms with Gasteiger partial charge in [0.2, 0.25) is 0 Å². The lowest BCUT2D eigenvalue weighted by Gasteiger charge is -2.03. The molecule has 2 aromatic heterocycles. The van der Waals surface area contributed by atoms with Gasteiger partial charge in [-0.2, -0.15) is 10.2 Å². The van der Waals surface area contributed by atoms with Crippen molar-refractivity contribution < 1.29 is 4.79 Å². The molecule has 6 nitrogen and oxygen atoms in total. The van der Waals surface area contributed by atoms with E-state index in [4.69, 9.17) is 0 Å². The molecule has 0 radical (unpaired) electrons. The van der Waals surface area contributed by atoms with E-state index in [2.05, 4.69) is 15.5 Å². The first-order chi connectivity index (χ1) is 8.29. The molecule has 0 fully saturated rings. The second kappa shape index (κ2) is 5.29. The smallest absolute Gasteiger partial charge is 0.254 e. The number of hydrogen-bond donors (Lipinski definition) is 1. The summed E-state index contributed by atoms with van der Waals surface area (Å²) in [6.45, 7) is 3.96. The van der Waals surface area contributed by atoms with Gasteiger partial charge in [-0.15, -0.1) is 0 Å². The highest BCUT2D eigenvalue weighted by Crippen LogP contribution is 1.97. The maximum Gasteiger partial charge on any atom is 0.254 e. The van der Waals surface area contributed by atoms with Crippen molar-refractivity contribution in [2.24, 2.45) is 0 Å². The zero-order valence-corrected chi connectivity index (χ0v) is 9.71. The summed E-state index contributed by atoms with van der Waals surface area (Å²) in [6, 6.07) is 1.85. The summed E-state index contributed by atoms with van der Waals surface area (Å²) in [6.07, 6.45) is 6.89. The zero-order valence-electron chi connectivity index (χ0n) is 9.71. The monoisotopic (exact) mass is 233 g/mol. The first-order valence-electron chi connectivity index (χ1n) is 5.57. The predicted octanol–water partition coefficient (Wildman–Crippen LogP) is 0.529. The van der Waals surface area contributed by atoms with E-state index in [0.29, 0.717) is 18.7 Å². The number of carbonyl (C=O) groups excluding carboxylic acids is 1. The number of amides is 1. The second-order valence-electron chi connectivity index (χ2n) is 3.61. The van der Waals surface area contributed by atoms with E-state index in [1.54, 1.807) is 28.0 Å². The van der Waals surface area contributed by atoms with E-state index >= 15 is 0 Å². The molecule has 1 amide bonds. The molecule has 0 bridgehead atoms. The minimum atomic E-state index is -0.100. The highest BCUT2D eigenvalue weighted by atomic mass is 16.1. The molecule has 2 rings (SSSR count). The van der Waals surface area contributed by atoms with Gasteiger partial charge in [-0.1, -0.05) is 0 Å². The number of hydrogen-bond acceptors (Lipinski definition) is 3. The van der Waals surface area contributed by atoms with Gasteiger partial charge in [-0.05, 0) is 13.0 Å². The van der Waals surface area contributed by atoms with Crippen molar-refractivity contribution in [2.75, 3.05) is 6.54 Å². The van der Waals surface area contributed by atoms with Crippen molar-refractivity contribution in [1.29, 1.82) is 0 Å². The quantitative estimate of drug-likeness (QED) is 0.819. The lowest BCUT2D eigenvalue weighted by atomic mass is 10.3. The summed E-state index contributed by atoms with van der Waals surface area (Å²) < 4.78 is 3.50. The lowest BCUT2D eigenvalue weighted by molar-refractivity contribution is 0.0952. The van der Waals surface area contributed by atoms with Crippen molar-refractivity contribution in [2.45, 2.75) is 20.0 Å². The van der Waals surface area contributed by atoms with Gasteiger partial charge in [0.1, 0.15) is 0 Å². The van der Waals surface area contributed by atoms with Crippen LogP contribution in [-0.2, 0) is 13.1 Å². The third-order valence-electron chi connectivity index (χ3n) is 2.41. The van der Waals surface area contributed by atoms with E-state index in [9.17, 15) is 4.79 Å². The summed E-state index contributed by atoms with van der Waals surface area (Å²) in [5.74, 6) is -0.100. The van der Waals surface area contributed by atoms with Crippen LogP contribution in [0.1, 0.15) is 17.3 Å². The van der Waals surface area contributed by atoms with Gasteiger partial charge in [0, 0.05) is 31.7 Å². The van der Waals surface area contributed by atoms with Crippen molar-refractivity contribution in [3.63, 3.8) is 0 Å². The van der Waals surface area contributed by atoms with Crippen molar-refractivity contribution in [3.05, 3.63) is 36.4 Å². The fraction of sp³-hybridized carbons (Fsp3) is 0.364. The Morgan fingerprint density at radius 2 is 2.29 bits per heavy atom. The molecular formula is C11H15N5O. The predicted molar refractivity (Wildman–Crippen MR) is 62.5 cm³/mol. The Bertz CT molecular complexity index is 474. The normalized spacial score (nSPS) is 10.4. The topological polar surface area (TPSA) is 64.7 Å². The number of aryl methyl sites for hydroxylation is 1. The minimum absolute atomic E-state index is 0.100. The Kier molecular flexibility index (Phi) is 3.54. The molecule has 6 heteroatoms. The molecule has 0 aliphatic rings. The van der Waals surface area contributed by atoms with Gasteiger partial charge in [0.25, 0.3) is 5.91 Å². The molecule has 2 heterocycles. The zero-order chi connectivity index (χ0) is 12.1. The Morgan fingerprint density at radius 1 is 1.41 bits per heavy atom. The van der Waals surface area contributed by atoms with Crippen LogP contribution < -0.4 is 5.32 Å². The fourth-order valence-electron chi connectivity index (χ4n) is 1.47. The van der Waals surface area contributed by atoms with Crippen molar-refractivity contribution in [3.8, 4) is 0 Å². The summed E-state index contributed by atoms with van der Waals surface area (Å²) in [4.78, 5) is 11.7. The molecule has 0 saturated carbocycles. The molecule has 17 heavy (non-hydrogen) atoms. The number of aromatic nitrogens is 4. The molecule has 1 N–H and O–H groups in total. The Balaban J connectivity index is 1.81. The van der Waals surface area contributed by atoms with Gasteiger partial charge in [-0.3, -0.25) is 14.2 Å². The highest BCUT2D eigenvalue weighted by molar-refractivity contribution is 5.93. The molecule has 0 spiro atoms. The lowest BCUT2D eigenvalue weighted by Crippen LogP contribution is -2.27. The van der Waals surface area contributed by atoms with Crippen LogP contribution in [0, 0.1) is 0 Å². The first kappa shape index (κ1) is 11.4. The van der Waals surface area contributed by atoms with E-state index in [1.807, 2.05) is 19.2 Å². The largest absolute Gasteiger partial charge is 0.350 e. The van der Waals surface area contributed by atoms with Crippen LogP contribution in [0.15, 0.2) is 30.9 Å². The van der Waals surface area contributed by atoms with Gasteiger partial charge in [0.15, 0.2) is 0 Å². The molecule has 0 unspecified atom stereocenters. The van der Waals surface area contributed by atoms with E-state index in [1.165, 1.54) is 0 Å². The third kappa shape index (κ3) is 2.93. The van der Waals surface area contributed by atoms with Crippen molar-refractivity contribution >= 4 is 5.91 Å². The third-order valence-corrected chi connectivity index (χ3v) is 2.41. The minimum Gasteiger partial charge on any atom is -0.350 e. The van der Waals surface area contributed by atoms with E-state index < -0.39 is 0 Å². The average Bonchev–Trinajstić information content (AvgIpc) is 2.99. The number of nitrogens with one attached hydrogen (secondary N) is 1. The van der Waals surface area contributed by atoms with Crippen LogP contribution in [0.25, 0.3) is 0 Å². The Labute approximate surface area is 99.2 Å². The van der Waals surface area contributed by atoms with Crippen molar-refractivity contribution in [1.82, 2.24) is 24.9 Å². The number of carbonyl (C=O) groups is 1. The molecular weight excluding hydrogens is 218 g/mol. The Morgan fingerprint density at radius 3 is 2.94 bits per heavy atom. The van der Waals surface area contributed by atoms with Gasteiger partial charge >= 0.3 is 0 Å². The summed E-state index contributed by atoms with van der Waals surface area (Å²) in [5, 5.41) is 10.9. The van der Waals surface area contributed by atoms with Crippen LogP contribution in [0.5, 0.6) is 0 Å². The van der Waals surface area contributed by atoms with Crippen LogP contribution in [0.2, 0.25) is 0 Å². The first-order valence-corrected chi connectivity index (χ1v) is 5.57. The molecule has 0 aromatic carbocycles. The molecule has 90 valence electrons. The van der Waals surface area contributed by atoms with Crippen LogP contribution in [0.3, 0.4) is 0 Å². The van der Waals surface area contributed by atoms with Gasteiger partial charge in [-0.25, -0.2) is 0 Å². The molecule has 2 aromatic rings. The highest BCUT2D eigenvalue weighted by Gasteiger charge is 2.07. The molecule has 0 aliphatic carbocycles. The SMILES string of the molecule is CCn1cc(C(=O)NCCn2cccn2)cn1. The maximum atomic E-state index is 11.7. The fourth-order valence-corrected chi connectivity index (χ4v) is 1.47. The Hall–Kier alpha value is -2.11. The summed E-state index contributed by atoms with van der Waals surface area (Å²) in [7, 11) is 0. The van der Waals surface area contributed by atoms with Crippen LogP contribution >= 0.6 is 0 Å². The molecule has 0 aliphatic heterocycles. The second-order valence-corrected chi connectivity index (χ2v) is 3.61. The van der Waals surface area contributed by atoms with Gasteiger partial charge in [0.05, 0.1) is 18.3 Å². The maximum absolute atomic E-state index is 11.7. The van der Waals surface area contributed by atoms with E-state index in [0.717, 1.165) is 6.54 Å². The van der Waals surface area contributed by atoms with E-state index in [-0.39, 0.29) is 5.91 Å². The van der Waals surface area contributed by atoms with Crippen LogP contribution in [0.4, 0.5) is 0 Å².